The highest BCUT2D eigenvalue weighted by Crippen LogP contribution is 2.39. The first-order valence-electron chi connectivity index (χ1n) is 10.9. The molecular formula is C29H25N5. The zero-order valence-electron chi connectivity index (χ0n) is 19.7. The van der Waals surface area contributed by atoms with Gasteiger partial charge in [0.15, 0.2) is 0 Å². The largest absolute Gasteiger partial charge is 0.378 e. The minimum Gasteiger partial charge on any atom is -0.378 e. The van der Waals surface area contributed by atoms with Gasteiger partial charge in [0.25, 0.3) is 0 Å². The van der Waals surface area contributed by atoms with E-state index < -0.39 is 0 Å². The summed E-state index contributed by atoms with van der Waals surface area (Å²) < 4.78 is 0. The van der Waals surface area contributed by atoms with Crippen LogP contribution >= 0.6 is 0 Å². The van der Waals surface area contributed by atoms with Crippen LogP contribution in [0.1, 0.15) is 11.1 Å². The Balaban J connectivity index is 2.04. The highest BCUT2D eigenvalue weighted by molar-refractivity contribution is 5.89. The van der Waals surface area contributed by atoms with Gasteiger partial charge >= 0.3 is 0 Å². The summed E-state index contributed by atoms with van der Waals surface area (Å²) in [4.78, 5) is 8.96. The van der Waals surface area contributed by atoms with Crippen molar-refractivity contribution in [2.75, 3.05) is 38.0 Å². The van der Waals surface area contributed by atoms with E-state index in [-0.39, 0.29) is 0 Å². The maximum atomic E-state index is 10.2. The molecule has 0 unspecified atom stereocenters. The molecule has 0 N–H and O–H groups in total. The molecule has 0 spiro atoms. The summed E-state index contributed by atoms with van der Waals surface area (Å²) >= 11 is 0. The lowest BCUT2D eigenvalue weighted by molar-refractivity contribution is 1.13. The predicted molar refractivity (Wildman–Crippen MR) is 139 cm³/mol. The molecule has 0 amide bonds. The molecule has 34 heavy (non-hydrogen) atoms. The Hall–Kier alpha value is -4.61. The van der Waals surface area contributed by atoms with Crippen LogP contribution in [0, 0.1) is 22.7 Å². The molecule has 0 saturated heterocycles. The second-order valence-electron chi connectivity index (χ2n) is 8.41. The Labute approximate surface area is 200 Å². The van der Waals surface area contributed by atoms with Crippen LogP contribution in [0.15, 0.2) is 78.9 Å². The average molecular weight is 444 g/mol. The molecule has 0 aliphatic heterocycles. The van der Waals surface area contributed by atoms with Crippen molar-refractivity contribution in [3.8, 4) is 45.8 Å². The van der Waals surface area contributed by atoms with E-state index in [1.165, 1.54) is 0 Å². The number of aromatic nitrogens is 1. The Bertz CT molecular complexity index is 1300. The highest BCUT2D eigenvalue weighted by Gasteiger charge is 2.23. The fraction of sp³-hybridized carbons (Fsp3) is 0.138. The van der Waals surface area contributed by atoms with Gasteiger partial charge in [-0.25, -0.2) is 4.98 Å². The summed E-state index contributed by atoms with van der Waals surface area (Å²) in [6, 6.07) is 30.2. The van der Waals surface area contributed by atoms with E-state index in [0.29, 0.717) is 28.1 Å². The number of rotatable bonds is 5. The molecule has 0 radical (unpaired) electrons. The van der Waals surface area contributed by atoms with Gasteiger partial charge in [-0.2, -0.15) is 10.5 Å². The van der Waals surface area contributed by atoms with Crippen LogP contribution in [-0.4, -0.2) is 33.2 Å². The predicted octanol–water partition coefficient (Wildman–Crippen LogP) is 5.96. The number of benzene rings is 3. The standard InChI is InChI=1S/C29H25N5/c1-33(2)23-14-10-21(11-15-23)28-25(18-30)27(20-8-6-5-7-9-20)26(19-31)29(32-28)22-12-16-24(17-13-22)34(3)4/h5-17H,1-4H3. The van der Waals surface area contributed by atoms with Crippen molar-refractivity contribution in [1.29, 1.82) is 10.5 Å². The Morgan fingerprint density at radius 3 is 1.32 bits per heavy atom. The molecular weight excluding hydrogens is 418 g/mol. The van der Waals surface area contributed by atoms with Crippen LogP contribution in [0.4, 0.5) is 11.4 Å². The van der Waals surface area contributed by atoms with Gasteiger partial charge in [-0.3, -0.25) is 0 Å². The van der Waals surface area contributed by atoms with Crippen molar-refractivity contribution >= 4 is 11.4 Å². The van der Waals surface area contributed by atoms with E-state index in [0.717, 1.165) is 28.1 Å². The first kappa shape index (κ1) is 22.6. The molecule has 3 aromatic carbocycles. The Morgan fingerprint density at radius 2 is 0.971 bits per heavy atom. The summed E-state index contributed by atoms with van der Waals surface area (Å²) in [6.07, 6.45) is 0. The van der Waals surface area contributed by atoms with Gasteiger partial charge in [-0.1, -0.05) is 54.6 Å². The van der Waals surface area contributed by atoms with E-state index in [2.05, 4.69) is 12.1 Å². The smallest absolute Gasteiger partial charge is 0.102 e. The molecule has 4 rings (SSSR count). The molecule has 5 nitrogen and oxygen atoms in total. The maximum absolute atomic E-state index is 10.2. The van der Waals surface area contributed by atoms with Gasteiger partial charge < -0.3 is 9.80 Å². The van der Waals surface area contributed by atoms with Crippen molar-refractivity contribution in [3.63, 3.8) is 0 Å². The van der Waals surface area contributed by atoms with Crippen LogP contribution in [0.25, 0.3) is 33.6 Å². The van der Waals surface area contributed by atoms with Crippen LogP contribution < -0.4 is 9.80 Å². The van der Waals surface area contributed by atoms with Gasteiger partial charge in [0.1, 0.15) is 12.1 Å². The zero-order valence-corrected chi connectivity index (χ0v) is 19.7. The van der Waals surface area contributed by atoms with Crippen molar-refractivity contribution in [1.82, 2.24) is 4.98 Å². The van der Waals surface area contributed by atoms with E-state index in [9.17, 15) is 10.5 Å². The molecule has 5 heteroatoms. The molecule has 166 valence electrons. The van der Waals surface area contributed by atoms with Crippen molar-refractivity contribution in [2.24, 2.45) is 0 Å². The topological polar surface area (TPSA) is 67.0 Å². The summed E-state index contributed by atoms with van der Waals surface area (Å²) in [5.74, 6) is 0. The normalized spacial score (nSPS) is 10.3. The quantitative estimate of drug-likeness (QED) is 0.381. The first-order chi connectivity index (χ1) is 16.4. The van der Waals surface area contributed by atoms with Gasteiger partial charge in [-0.15, -0.1) is 0 Å². The molecule has 0 aliphatic carbocycles. The van der Waals surface area contributed by atoms with Crippen molar-refractivity contribution < 1.29 is 0 Å². The van der Waals surface area contributed by atoms with E-state index in [4.69, 9.17) is 4.98 Å². The monoisotopic (exact) mass is 443 g/mol. The average Bonchev–Trinajstić information content (AvgIpc) is 2.88. The van der Waals surface area contributed by atoms with Gasteiger partial charge in [0, 0.05) is 56.3 Å². The minimum atomic E-state index is 0.397. The summed E-state index contributed by atoms with van der Waals surface area (Å²) in [5.41, 5.74) is 7.12. The minimum absolute atomic E-state index is 0.397. The number of nitriles is 2. The third kappa shape index (κ3) is 4.20. The molecule has 0 aliphatic rings. The van der Waals surface area contributed by atoms with Crippen LogP contribution in [0.2, 0.25) is 0 Å². The molecule has 0 atom stereocenters. The van der Waals surface area contributed by atoms with E-state index in [1.54, 1.807) is 0 Å². The Kier molecular flexibility index (Phi) is 6.30. The SMILES string of the molecule is CN(C)c1ccc(-c2nc(-c3ccc(N(C)C)cc3)c(C#N)c(-c3ccccc3)c2C#N)cc1. The zero-order chi connectivity index (χ0) is 24.2. The van der Waals surface area contributed by atoms with Gasteiger partial charge in [0.2, 0.25) is 0 Å². The number of hydrogen-bond acceptors (Lipinski definition) is 5. The van der Waals surface area contributed by atoms with E-state index in [1.807, 2.05) is 117 Å². The van der Waals surface area contributed by atoms with Gasteiger partial charge in [-0.05, 0) is 29.8 Å². The van der Waals surface area contributed by atoms with Gasteiger partial charge in [0.05, 0.1) is 22.5 Å². The fourth-order valence-corrected chi connectivity index (χ4v) is 3.95. The third-order valence-electron chi connectivity index (χ3n) is 5.80. The van der Waals surface area contributed by atoms with Crippen molar-refractivity contribution in [2.45, 2.75) is 0 Å². The maximum Gasteiger partial charge on any atom is 0.102 e. The summed E-state index contributed by atoms with van der Waals surface area (Å²) in [7, 11) is 7.94. The number of nitrogens with zero attached hydrogens (tertiary/aromatic N) is 5. The first-order valence-corrected chi connectivity index (χ1v) is 10.9. The summed E-state index contributed by atoms with van der Waals surface area (Å²) in [5, 5.41) is 20.5. The molecule has 0 saturated carbocycles. The number of pyridine rings is 1. The highest BCUT2D eigenvalue weighted by atomic mass is 15.1. The fourth-order valence-electron chi connectivity index (χ4n) is 3.95. The second-order valence-corrected chi connectivity index (χ2v) is 8.41. The number of anilines is 2. The third-order valence-corrected chi connectivity index (χ3v) is 5.80. The lowest BCUT2D eigenvalue weighted by Crippen LogP contribution is -2.08. The van der Waals surface area contributed by atoms with Crippen LogP contribution in [0.5, 0.6) is 0 Å². The second kappa shape index (κ2) is 9.48. The molecule has 1 heterocycles. The van der Waals surface area contributed by atoms with E-state index >= 15 is 0 Å². The molecule has 0 fully saturated rings. The lowest BCUT2D eigenvalue weighted by atomic mass is 9.89. The molecule has 1 aromatic heterocycles. The Morgan fingerprint density at radius 1 is 0.559 bits per heavy atom. The molecule has 4 aromatic rings. The summed E-state index contributed by atoms with van der Waals surface area (Å²) in [6.45, 7) is 0. The number of hydrogen-bond donors (Lipinski definition) is 0. The van der Waals surface area contributed by atoms with Crippen molar-refractivity contribution in [3.05, 3.63) is 90.0 Å². The lowest BCUT2D eigenvalue weighted by Gasteiger charge is -2.18. The van der Waals surface area contributed by atoms with Crippen LogP contribution in [0.3, 0.4) is 0 Å². The van der Waals surface area contributed by atoms with Crippen LogP contribution in [-0.2, 0) is 0 Å². The molecule has 0 bridgehead atoms.